The summed E-state index contributed by atoms with van der Waals surface area (Å²) in [5.41, 5.74) is 1.01. The molecule has 1 amide bonds. The van der Waals surface area contributed by atoms with Crippen molar-refractivity contribution in [1.82, 2.24) is 9.71 Å². The van der Waals surface area contributed by atoms with Gasteiger partial charge in [-0.05, 0) is 39.3 Å². The van der Waals surface area contributed by atoms with Crippen LogP contribution in [0.25, 0.3) is 0 Å². The Labute approximate surface area is 150 Å². The maximum atomic E-state index is 12.5. The first-order valence-electron chi connectivity index (χ1n) is 7.80. The Morgan fingerprint density at radius 1 is 1.20 bits per heavy atom. The van der Waals surface area contributed by atoms with Crippen LogP contribution in [0.4, 0.5) is 4.79 Å². The lowest BCUT2D eigenvalue weighted by atomic mass is 10.2. The number of rotatable bonds is 5. The third kappa shape index (κ3) is 6.28. The SMILES string of the molecule is Cc1ccc([S@@+]([O-])NC(=O)OC(C)(C)C)c(OCc2ccccc2)n1. The van der Waals surface area contributed by atoms with Gasteiger partial charge in [-0.15, -0.1) is 4.72 Å². The molecule has 0 unspecified atom stereocenters. The van der Waals surface area contributed by atoms with Crippen LogP contribution in [-0.4, -0.2) is 21.2 Å². The van der Waals surface area contributed by atoms with Crippen molar-refractivity contribution in [3.05, 3.63) is 53.7 Å². The van der Waals surface area contributed by atoms with E-state index >= 15 is 0 Å². The number of ether oxygens (including phenoxy) is 2. The van der Waals surface area contributed by atoms with Crippen LogP contribution >= 0.6 is 0 Å². The number of pyridine rings is 1. The number of amides is 1. The Balaban J connectivity index is 2.10. The fraction of sp³-hybridized carbons (Fsp3) is 0.333. The topological polar surface area (TPSA) is 83.5 Å². The van der Waals surface area contributed by atoms with Gasteiger partial charge < -0.3 is 14.0 Å². The van der Waals surface area contributed by atoms with Crippen molar-refractivity contribution in [2.75, 3.05) is 0 Å². The van der Waals surface area contributed by atoms with Crippen molar-refractivity contribution < 1.29 is 18.8 Å². The molecule has 0 fully saturated rings. The molecule has 0 radical (unpaired) electrons. The van der Waals surface area contributed by atoms with Crippen molar-refractivity contribution in [3.63, 3.8) is 0 Å². The molecule has 1 heterocycles. The molecule has 1 aromatic heterocycles. The Kier molecular flexibility index (Phi) is 6.27. The van der Waals surface area contributed by atoms with E-state index in [9.17, 15) is 9.35 Å². The van der Waals surface area contributed by atoms with Crippen molar-refractivity contribution in [2.24, 2.45) is 0 Å². The lowest BCUT2D eigenvalue weighted by Crippen LogP contribution is -2.36. The zero-order chi connectivity index (χ0) is 18.4. The monoisotopic (exact) mass is 362 g/mol. The summed E-state index contributed by atoms with van der Waals surface area (Å²) in [4.78, 5) is 16.4. The van der Waals surface area contributed by atoms with Crippen LogP contribution in [-0.2, 0) is 22.7 Å². The van der Waals surface area contributed by atoms with E-state index in [1.54, 1.807) is 32.9 Å². The van der Waals surface area contributed by atoms with Gasteiger partial charge in [-0.2, -0.15) is 0 Å². The summed E-state index contributed by atoms with van der Waals surface area (Å²) in [6.45, 7) is 7.29. The van der Waals surface area contributed by atoms with Crippen molar-refractivity contribution in [1.29, 1.82) is 0 Å². The zero-order valence-electron chi connectivity index (χ0n) is 14.7. The second kappa shape index (κ2) is 8.22. The quantitative estimate of drug-likeness (QED) is 0.823. The second-order valence-electron chi connectivity index (χ2n) is 6.40. The van der Waals surface area contributed by atoms with Crippen LogP contribution in [0.2, 0.25) is 0 Å². The summed E-state index contributed by atoms with van der Waals surface area (Å²) in [6, 6.07) is 12.9. The first kappa shape index (κ1) is 19.1. The van der Waals surface area contributed by atoms with Gasteiger partial charge in [0.05, 0.1) is 0 Å². The Bertz CT molecular complexity index is 717. The molecule has 7 heteroatoms. The maximum absolute atomic E-state index is 12.5. The highest BCUT2D eigenvalue weighted by Gasteiger charge is 2.25. The average molecular weight is 362 g/mol. The molecule has 25 heavy (non-hydrogen) atoms. The highest BCUT2D eigenvalue weighted by atomic mass is 32.2. The zero-order valence-corrected chi connectivity index (χ0v) is 15.6. The van der Waals surface area contributed by atoms with Crippen LogP contribution in [0, 0.1) is 6.92 Å². The molecule has 1 atom stereocenters. The van der Waals surface area contributed by atoms with Crippen LogP contribution in [0.1, 0.15) is 32.0 Å². The summed E-state index contributed by atoms with van der Waals surface area (Å²) < 4.78 is 25.6. The number of hydrogen-bond acceptors (Lipinski definition) is 5. The Morgan fingerprint density at radius 2 is 1.88 bits per heavy atom. The number of nitrogens with zero attached hydrogens (tertiary/aromatic N) is 1. The largest absolute Gasteiger partial charge is 0.588 e. The van der Waals surface area contributed by atoms with E-state index in [-0.39, 0.29) is 17.4 Å². The molecular formula is C18H22N2O4S. The first-order chi connectivity index (χ1) is 11.7. The molecule has 0 aliphatic heterocycles. The number of benzene rings is 1. The first-order valence-corrected chi connectivity index (χ1v) is 8.95. The second-order valence-corrected chi connectivity index (χ2v) is 7.58. The number of nitrogens with one attached hydrogen (secondary N) is 1. The summed E-state index contributed by atoms with van der Waals surface area (Å²) in [5, 5.41) is 0. The molecule has 1 aromatic carbocycles. The molecular weight excluding hydrogens is 340 g/mol. The maximum Gasteiger partial charge on any atom is 0.449 e. The number of carbonyl (C=O) groups excluding carboxylic acids is 1. The lowest BCUT2D eigenvalue weighted by Gasteiger charge is -2.20. The van der Waals surface area contributed by atoms with E-state index in [1.807, 2.05) is 37.3 Å². The van der Waals surface area contributed by atoms with Gasteiger partial charge in [0.15, 0.2) is 0 Å². The summed E-state index contributed by atoms with van der Waals surface area (Å²) in [5.74, 6) is 0.221. The van der Waals surface area contributed by atoms with E-state index in [2.05, 4.69) is 9.71 Å². The highest BCUT2D eigenvalue weighted by molar-refractivity contribution is 7.90. The molecule has 2 aromatic rings. The standard InChI is InChI=1S/C18H22N2O4S/c1-13-10-11-15(25(22)20-17(21)24-18(2,3)4)16(19-13)23-12-14-8-6-5-7-9-14/h5-11H,12H2,1-4H3,(H,20,21)/t25-/m1/s1. The highest BCUT2D eigenvalue weighted by Crippen LogP contribution is 2.23. The molecule has 0 saturated heterocycles. The molecule has 1 N–H and O–H groups in total. The third-order valence-electron chi connectivity index (χ3n) is 2.96. The van der Waals surface area contributed by atoms with Gasteiger partial charge in [-0.3, -0.25) is 0 Å². The fourth-order valence-electron chi connectivity index (χ4n) is 1.92. The number of aryl methyl sites for hydroxylation is 1. The Hall–Kier alpha value is -2.25. The van der Waals surface area contributed by atoms with E-state index in [4.69, 9.17) is 9.47 Å². The summed E-state index contributed by atoms with van der Waals surface area (Å²) in [7, 11) is 0. The number of carbonyl (C=O) groups is 1. The van der Waals surface area contributed by atoms with E-state index in [0.717, 1.165) is 11.3 Å². The molecule has 134 valence electrons. The normalized spacial score (nSPS) is 12.4. The summed E-state index contributed by atoms with van der Waals surface area (Å²) in [6.07, 6.45) is -0.764. The van der Waals surface area contributed by atoms with Gasteiger partial charge in [0.2, 0.25) is 4.90 Å². The molecule has 0 spiro atoms. The van der Waals surface area contributed by atoms with Gasteiger partial charge >= 0.3 is 6.09 Å². The number of aromatic nitrogens is 1. The van der Waals surface area contributed by atoms with Crippen LogP contribution < -0.4 is 9.46 Å². The smallest absolute Gasteiger partial charge is 0.449 e. The fourth-order valence-corrected chi connectivity index (χ4v) is 2.68. The lowest BCUT2D eigenvalue weighted by molar-refractivity contribution is 0.0570. The molecule has 0 aliphatic carbocycles. The minimum absolute atomic E-state index is 0.221. The van der Waals surface area contributed by atoms with Crippen molar-refractivity contribution in [2.45, 2.75) is 44.8 Å². The minimum atomic E-state index is -1.84. The average Bonchev–Trinajstić information content (AvgIpc) is 2.52. The minimum Gasteiger partial charge on any atom is -0.588 e. The third-order valence-corrected chi connectivity index (χ3v) is 4.02. The predicted molar refractivity (Wildman–Crippen MR) is 95.5 cm³/mol. The Morgan fingerprint density at radius 3 is 2.52 bits per heavy atom. The van der Waals surface area contributed by atoms with Crippen LogP contribution in [0.5, 0.6) is 5.88 Å². The molecule has 2 rings (SSSR count). The van der Waals surface area contributed by atoms with Crippen molar-refractivity contribution >= 4 is 17.5 Å². The molecule has 0 aliphatic rings. The van der Waals surface area contributed by atoms with E-state index < -0.39 is 23.1 Å². The number of hydrogen-bond donors (Lipinski definition) is 1. The van der Waals surface area contributed by atoms with Crippen LogP contribution in [0.3, 0.4) is 0 Å². The van der Waals surface area contributed by atoms with Crippen molar-refractivity contribution in [3.8, 4) is 5.88 Å². The summed E-state index contributed by atoms with van der Waals surface area (Å²) >= 11 is -1.84. The molecule has 0 saturated carbocycles. The van der Waals surface area contributed by atoms with Gasteiger partial charge in [0, 0.05) is 11.8 Å². The van der Waals surface area contributed by atoms with Gasteiger partial charge in [-0.25, -0.2) is 9.78 Å². The van der Waals surface area contributed by atoms with Gasteiger partial charge in [-0.1, -0.05) is 30.3 Å². The van der Waals surface area contributed by atoms with Gasteiger partial charge in [0.1, 0.15) is 23.6 Å². The predicted octanol–water partition coefficient (Wildman–Crippen LogP) is 3.52. The molecule has 0 bridgehead atoms. The van der Waals surface area contributed by atoms with Crippen LogP contribution in [0.15, 0.2) is 47.4 Å². The van der Waals surface area contributed by atoms with E-state index in [0.29, 0.717) is 0 Å². The van der Waals surface area contributed by atoms with E-state index in [1.165, 1.54) is 0 Å². The molecule has 6 nitrogen and oxygen atoms in total. The van der Waals surface area contributed by atoms with Gasteiger partial charge in [0.25, 0.3) is 5.88 Å².